The van der Waals surface area contributed by atoms with Gasteiger partial charge in [0.15, 0.2) is 0 Å². The van der Waals surface area contributed by atoms with E-state index in [2.05, 4.69) is 26.1 Å². The molecule has 0 aliphatic rings. The Labute approximate surface area is 120 Å². The first-order valence-electron chi connectivity index (χ1n) is 6.87. The van der Waals surface area contributed by atoms with E-state index in [0.717, 1.165) is 12.0 Å². The highest BCUT2D eigenvalue weighted by atomic mass is 16.4. The van der Waals surface area contributed by atoms with Crippen molar-refractivity contribution < 1.29 is 14.7 Å². The Morgan fingerprint density at radius 3 is 2.25 bits per heavy atom. The summed E-state index contributed by atoms with van der Waals surface area (Å²) in [5.74, 6) is -0.853. The van der Waals surface area contributed by atoms with Crippen molar-refractivity contribution in [3.63, 3.8) is 0 Å². The molecule has 0 aromatic heterocycles. The molecular formula is C16H23NO3. The summed E-state index contributed by atoms with van der Waals surface area (Å²) in [7, 11) is 0. The maximum absolute atomic E-state index is 11.6. The summed E-state index contributed by atoms with van der Waals surface area (Å²) in [6.07, 6.45) is 2.12. The second kappa shape index (κ2) is 7.08. The summed E-state index contributed by atoms with van der Waals surface area (Å²) in [4.78, 5) is 22.3. The molecule has 0 aliphatic carbocycles. The Morgan fingerprint density at radius 2 is 1.75 bits per heavy atom. The van der Waals surface area contributed by atoms with Crippen LogP contribution in [0.25, 0.3) is 0 Å². The van der Waals surface area contributed by atoms with E-state index in [9.17, 15) is 9.59 Å². The van der Waals surface area contributed by atoms with Gasteiger partial charge in [-0.25, -0.2) is 4.79 Å². The number of carboxylic acid groups (broad SMARTS) is 1. The number of benzene rings is 1. The van der Waals surface area contributed by atoms with Gasteiger partial charge in [-0.15, -0.1) is 0 Å². The maximum atomic E-state index is 11.6. The standard InChI is InChI=1S/C16H23NO3/c1-16(2,3)10-8-14(18)17-11-9-12-4-6-13(7-5-12)15(19)20/h4-7H,8-11H2,1-3H3,(H,17,18)(H,19,20). The van der Waals surface area contributed by atoms with Gasteiger partial charge in [0.2, 0.25) is 5.91 Å². The molecule has 0 heterocycles. The van der Waals surface area contributed by atoms with E-state index in [4.69, 9.17) is 5.11 Å². The molecule has 1 aromatic carbocycles. The molecule has 0 atom stereocenters. The van der Waals surface area contributed by atoms with Crippen molar-refractivity contribution >= 4 is 11.9 Å². The fraction of sp³-hybridized carbons (Fsp3) is 0.500. The minimum atomic E-state index is -0.924. The molecule has 0 saturated heterocycles. The van der Waals surface area contributed by atoms with Crippen molar-refractivity contribution in [1.29, 1.82) is 0 Å². The highest BCUT2D eigenvalue weighted by molar-refractivity contribution is 5.87. The number of rotatable bonds is 6. The van der Waals surface area contributed by atoms with Gasteiger partial charge in [0.1, 0.15) is 0 Å². The van der Waals surface area contributed by atoms with Crippen LogP contribution >= 0.6 is 0 Å². The van der Waals surface area contributed by atoms with Crippen LogP contribution < -0.4 is 5.32 Å². The molecule has 2 N–H and O–H groups in total. The van der Waals surface area contributed by atoms with Gasteiger partial charge in [-0.3, -0.25) is 4.79 Å². The molecule has 1 aromatic rings. The summed E-state index contributed by atoms with van der Waals surface area (Å²) in [6.45, 7) is 6.92. The van der Waals surface area contributed by atoms with Crippen molar-refractivity contribution in [3.05, 3.63) is 35.4 Å². The predicted molar refractivity (Wildman–Crippen MR) is 78.8 cm³/mol. The number of amides is 1. The average molecular weight is 277 g/mol. The van der Waals surface area contributed by atoms with Crippen LogP contribution in [0, 0.1) is 5.41 Å². The number of carbonyl (C=O) groups excluding carboxylic acids is 1. The molecule has 1 amide bonds. The number of nitrogens with one attached hydrogen (secondary N) is 1. The monoisotopic (exact) mass is 277 g/mol. The van der Waals surface area contributed by atoms with Gasteiger partial charge < -0.3 is 10.4 Å². The van der Waals surface area contributed by atoms with E-state index in [1.54, 1.807) is 24.3 Å². The van der Waals surface area contributed by atoms with Crippen LogP contribution in [0.15, 0.2) is 24.3 Å². The summed E-state index contributed by atoms with van der Waals surface area (Å²) >= 11 is 0. The highest BCUT2D eigenvalue weighted by Gasteiger charge is 2.12. The van der Waals surface area contributed by atoms with E-state index in [0.29, 0.717) is 19.4 Å². The topological polar surface area (TPSA) is 66.4 Å². The van der Waals surface area contributed by atoms with Crippen molar-refractivity contribution in [2.75, 3.05) is 6.54 Å². The second-order valence-electron chi connectivity index (χ2n) is 6.16. The molecule has 1 rings (SSSR count). The van der Waals surface area contributed by atoms with Gasteiger partial charge in [0.05, 0.1) is 5.56 Å². The van der Waals surface area contributed by atoms with Crippen molar-refractivity contribution in [2.45, 2.75) is 40.0 Å². The first-order chi connectivity index (χ1) is 9.28. The molecule has 4 nitrogen and oxygen atoms in total. The Hall–Kier alpha value is -1.84. The Bertz CT molecular complexity index is 458. The third kappa shape index (κ3) is 6.36. The molecule has 110 valence electrons. The molecule has 0 bridgehead atoms. The van der Waals surface area contributed by atoms with Crippen LogP contribution in [0.4, 0.5) is 0 Å². The zero-order valence-electron chi connectivity index (χ0n) is 12.4. The van der Waals surface area contributed by atoms with E-state index in [1.807, 2.05) is 0 Å². The van der Waals surface area contributed by atoms with E-state index >= 15 is 0 Å². The molecule has 4 heteroatoms. The first kappa shape index (κ1) is 16.2. The highest BCUT2D eigenvalue weighted by Crippen LogP contribution is 2.20. The normalized spacial score (nSPS) is 11.2. The number of hydrogen-bond acceptors (Lipinski definition) is 2. The van der Waals surface area contributed by atoms with Crippen LogP contribution in [-0.4, -0.2) is 23.5 Å². The maximum Gasteiger partial charge on any atom is 0.335 e. The molecule has 0 radical (unpaired) electrons. The molecule has 0 unspecified atom stereocenters. The molecule has 0 spiro atoms. The van der Waals surface area contributed by atoms with E-state index in [-0.39, 0.29) is 16.9 Å². The summed E-state index contributed by atoms with van der Waals surface area (Å²) < 4.78 is 0. The van der Waals surface area contributed by atoms with Gasteiger partial charge in [0, 0.05) is 13.0 Å². The fourth-order valence-corrected chi connectivity index (χ4v) is 1.74. The average Bonchev–Trinajstić information content (AvgIpc) is 2.36. The molecule has 0 fully saturated rings. The molecule has 0 saturated carbocycles. The lowest BCUT2D eigenvalue weighted by Gasteiger charge is -2.17. The van der Waals surface area contributed by atoms with Crippen molar-refractivity contribution in [1.82, 2.24) is 5.32 Å². The van der Waals surface area contributed by atoms with Crippen molar-refractivity contribution in [3.8, 4) is 0 Å². The van der Waals surface area contributed by atoms with Gasteiger partial charge in [-0.1, -0.05) is 32.9 Å². The van der Waals surface area contributed by atoms with Gasteiger partial charge in [-0.2, -0.15) is 0 Å². The van der Waals surface area contributed by atoms with Crippen LogP contribution in [0.2, 0.25) is 0 Å². The summed E-state index contributed by atoms with van der Waals surface area (Å²) in [5, 5.41) is 11.7. The van der Waals surface area contributed by atoms with Crippen LogP contribution in [-0.2, 0) is 11.2 Å². The zero-order chi connectivity index (χ0) is 15.2. The van der Waals surface area contributed by atoms with Crippen LogP contribution in [0.5, 0.6) is 0 Å². The first-order valence-corrected chi connectivity index (χ1v) is 6.87. The molecule has 0 aliphatic heterocycles. The fourth-order valence-electron chi connectivity index (χ4n) is 1.74. The number of carbonyl (C=O) groups is 2. The summed E-state index contributed by atoms with van der Waals surface area (Å²) in [5.41, 5.74) is 1.47. The molecular weight excluding hydrogens is 254 g/mol. The third-order valence-electron chi connectivity index (χ3n) is 3.04. The van der Waals surface area contributed by atoms with Crippen molar-refractivity contribution in [2.24, 2.45) is 5.41 Å². The van der Waals surface area contributed by atoms with Gasteiger partial charge in [0.25, 0.3) is 0 Å². The van der Waals surface area contributed by atoms with Gasteiger partial charge in [-0.05, 0) is 36.0 Å². The van der Waals surface area contributed by atoms with Crippen LogP contribution in [0.1, 0.15) is 49.5 Å². The lowest BCUT2D eigenvalue weighted by molar-refractivity contribution is -0.121. The largest absolute Gasteiger partial charge is 0.478 e. The Morgan fingerprint density at radius 1 is 1.15 bits per heavy atom. The minimum Gasteiger partial charge on any atom is -0.478 e. The third-order valence-corrected chi connectivity index (χ3v) is 3.04. The lowest BCUT2D eigenvalue weighted by atomic mass is 9.90. The quantitative estimate of drug-likeness (QED) is 0.840. The Balaban J connectivity index is 2.30. The minimum absolute atomic E-state index is 0.0714. The van der Waals surface area contributed by atoms with E-state index < -0.39 is 5.97 Å². The smallest absolute Gasteiger partial charge is 0.335 e. The number of hydrogen-bond donors (Lipinski definition) is 2. The number of aromatic carboxylic acids is 1. The second-order valence-corrected chi connectivity index (χ2v) is 6.16. The zero-order valence-corrected chi connectivity index (χ0v) is 12.4. The number of carboxylic acids is 1. The predicted octanol–water partition coefficient (Wildman–Crippen LogP) is 2.87. The van der Waals surface area contributed by atoms with E-state index in [1.165, 1.54) is 0 Å². The van der Waals surface area contributed by atoms with Gasteiger partial charge >= 0.3 is 5.97 Å². The summed E-state index contributed by atoms with van der Waals surface area (Å²) in [6, 6.07) is 6.73. The Kier molecular flexibility index (Phi) is 5.74. The SMILES string of the molecule is CC(C)(C)CCC(=O)NCCc1ccc(C(=O)O)cc1. The molecule has 20 heavy (non-hydrogen) atoms. The lowest BCUT2D eigenvalue weighted by Crippen LogP contribution is -2.26. The van der Waals surface area contributed by atoms with Crippen LogP contribution in [0.3, 0.4) is 0 Å².